The Morgan fingerprint density at radius 3 is 2.44 bits per heavy atom. The summed E-state index contributed by atoms with van der Waals surface area (Å²) < 4.78 is 39.3. The van der Waals surface area contributed by atoms with Crippen molar-refractivity contribution in [1.29, 1.82) is 0 Å². The number of allylic oxidation sites excluding steroid dienone is 1. The van der Waals surface area contributed by atoms with E-state index in [0.717, 1.165) is 50.2 Å². The van der Waals surface area contributed by atoms with Gasteiger partial charge < -0.3 is 30.8 Å². The second-order valence-corrected chi connectivity index (χ2v) is 9.95. The molecule has 238 valence electrons. The highest BCUT2D eigenvalue weighted by molar-refractivity contribution is 5.85. The number of likely N-dealkylation sites (N-methyl/N-ethyl adjacent to an activating group) is 1. The third-order valence-electron chi connectivity index (χ3n) is 6.84. The number of aromatic nitrogens is 2. The summed E-state index contributed by atoms with van der Waals surface area (Å²) in [6.07, 6.45) is -0.159. The fourth-order valence-electron chi connectivity index (χ4n) is 4.43. The van der Waals surface area contributed by atoms with E-state index in [2.05, 4.69) is 64.5 Å². The first-order valence-corrected chi connectivity index (χ1v) is 14.5. The third kappa shape index (κ3) is 12.9. The molecule has 0 aliphatic carbocycles. The SMILES string of the molecule is CC.Cc1cccc(N2CCc3c(N)nc(OC[C@@H]4CCCN4C)nc3C2)c1C.NC(=O)/C=C/C(F)(F)F.[C-]#[N+]CCC. The predicted octanol–water partition coefficient (Wildman–Crippen LogP) is 5.64. The van der Waals surface area contributed by atoms with Gasteiger partial charge >= 0.3 is 12.2 Å². The molecule has 1 aromatic carbocycles. The second kappa shape index (κ2) is 18.6. The number of nitrogens with zero attached hydrogens (tertiary/aromatic N) is 5. The molecule has 0 bridgehead atoms. The number of aryl methyl sites for hydroxylation is 1. The number of hydrogen-bond donors (Lipinski definition) is 2. The average molecular weight is 606 g/mol. The monoisotopic (exact) mass is 605 g/mol. The van der Waals surface area contributed by atoms with Crippen LogP contribution in [0.3, 0.4) is 0 Å². The van der Waals surface area contributed by atoms with Gasteiger partial charge in [-0.15, -0.1) is 0 Å². The standard InChI is InChI=1S/C21H29N5O.C4H4F3NO.C4H7N.C2H6/c1-14-6-4-8-19(15(14)2)26-11-9-17-18(12-26)23-21(24-20(17)22)27-13-16-7-5-10-25(16)3;5-4(6,7)2-1-3(8)9;1-3-4-5-2;1-2/h4,6,8,16H,5,7,9-13H2,1-3H3,(H2,22,23,24);1-2H,(H2,8,9);3-4H2,1H3;1-2H3/b;2-1+;;/t16-;;;/m0.../s1. The molecule has 0 saturated carbocycles. The third-order valence-corrected chi connectivity index (χ3v) is 6.84. The number of anilines is 2. The molecule has 2 aliphatic rings. The molecule has 0 radical (unpaired) electrons. The zero-order valence-corrected chi connectivity index (χ0v) is 26.2. The van der Waals surface area contributed by atoms with E-state index < -0.39 is 12.1 Å². The predicted molar refractivity (Wildman–Crippen MR) is 166 cm³/mol. The van der Waals surface area contributed by atoms with E-state index in [1.165, 1.54) is 23.2 Å². The second-order valence-electron chi connectivity index (χ2n) is 9.95. The largest absolute Gasteiger partial charge is 0.462 e. The maximum atomic E-state index is 11.1. The van der Waals surface area contributed by atoms with E-state index in [1.54, 1.807) is 0 Å². The number of fused-ring (bicyclic) bond motifs is 1. The maximum Gasteiger partial charge on any atom is 0.409 e. The van der Waals surface area contributed by atoms with Crippen LogP contribution in [0.1, 0.15) is 62.4 Å². The van der Waals surface area contributed by atoms with Crippen molar-refractivity contribution >= 4 is 17.4 Å². The normalized spacial score (nSPS) is 16.0. The lowest BCUT2D eigenvalue weighted by atomic mass is 10.0. The number of halogens is 3. The maximum absolute atomic E-state index is 11.1. The van der Waals surface area contributed by atoms with Crippen molar-refractivity contribution in [3.63, 3.8) is 0 Å². The number of benzene rings is 1. The minimum Gasteiger partial charge on any atom is -0.462 e. The van der Waals surface area contributed by atoms with Crippen LogP contribution in [0, 0.1) is 20.4 Å². The Labute approximate surface area is 253 Å². The summed E-state index contributed by atoms with van der Waals surface area (Å²) in [5, 5.41) is 0. The van der Waals surface area contributed by atoms with E-state index in [0.29, 0.717) is 31.0 Å². The topological polar surface area (TPSA) is 115 Å². The van der Waals surface area contributed by atoms with Crippen LogP contribution >= 0.6 is 0 Å². The summed E-state index contributed by atoms with van der Waals surface area (Å²) in [6, 6.07) is 7.31. The number of primary amides is 1. The van der Waals surface area contributed by atoms with Crippen LogP contribution in [0.4, 0.5) is 24.7 Å². The van der Waals surface area contributed by atoms with Crippen LogP contribution in [-0.2, 0) is 17.8 Å². The molecule has 1 aromatic heterocycles. The van der Waals surface area contributed by atoms with Crippen molar-refractivity contribution in [2.24, 2.45) is 5.73 Å². The van der Waals surface area contributed by atoms with E-state index in [-0.39, 0.29) is 12.2 Å². The minimum atomic E-state index is -4.45. The first-order chi connectivity index (χ1) is 20.4. The van der Waals surface area contributed by atoms with Crippen molar-refractivity contribution in [3.05, 3.63) is 64.2 Å². The highest BCUT2D eigenvalue weighted by Crippen LogP contribution is 2.30. The molecular formula is C31H46F3N7O2. The van der Waals surface area contributed by atoms with E-state index >= 15 is 0 Å². The highest BCUT2D eigenvalue weighted by Gasteiger charge is 2.25. The molecule has 4 N–H and O–H groups in total. The molecule has 4 rings (SSSR count). The number of ether oxygens (including phenoxy) is 1. The Balaban J connectivity index is 0.000000482. The Kier molecular flexibility index (Phi) is 16.1. The molecule has 1 fully saturated rings. The summed E-state index contributed by atoms with van der Waals surface area (Å²) in [5.74, 6) is -0.539. The Hall–Kier alpha value is -3.85. The first kappa shape index (κ1) is 37.2. The molecular weight excluding hydrogens is 559 g/mol. The van der Waals surface area contributed by atoms with E-state index in [9.17, 15) is 18.0 Å². The van der Waals surface area contributed by atoms with Gasteiger partial charge in [-0.05, 0) is 63.9 Å². The molecule has 0 unspecified atom stereocenters. The van der Waals surface area contributed by atoms with Crippen LogP contribution < -0.4 is 21.1 Å². The van der Waals surface area contributed by atoms with Gasteiger partial charge in [-0.2, -0.15) is 23.1 Å². The van der Waals surface area contributed by atoms with Crippen LogP contribution in [-0.4, -0.2) is 66.3 Å². The van der Waals surface area contributed by atoms with Gasteiger partial charge in [0.2, 0.25) is 12.5 Å². The van der Waals surface area contributed by atoms with Crippen molar-refractivity contribution in [2.75, 3.05) is 43.9 Å². The van der Waals surface area contributed by atoms with Crippen LogP contribution in [0.15, 0.2) is 30.4 Å². The Bertz CT molecular complexity index is 1230. The molecule has 2 aromatic rings. The van der Waals surface area contributed by atoms with Crippen molar-refractivity contribution in [1.82, 2.24) is 14.9 Å². The van der Waals surface area contributed by atoms with Gasteiger partial charge in [0, 0.05) is 42.4 Å². The number of nitrogens with two attached hydrogens (primary N) is 2. The lowest BCUT2D eigenvalue weighted by molar-refractivity contribution is -0.114. The van der Waals surface area contributed by atoms with Gasteiger partial charge in [0.15, 0.2) is 0 Å². The lowest BCUT2D eigenvalue weighted by Gasteiger charge is -2.32. The lowest BCUT2D eigenvalue weighted by Crippen LogP contribution is -2.33. The molecule has 0 spiro atoms. The fraction of sp³-hybridized carbons (Fsp3) is 0.548. The smallest absolute Gasteiger partial charge is 0.409 e. The fourth-order valence-corrected chi connectivity index (χ4v) is 4.43. The van der Waals surface area contributed by atoms with Gasteiger partial charge in [-0.1, -0.05) is 32.9 Å². The number of alkyl halides is 3. The quantitative estimate of drug-likeness (QED) is 0.323. The number of carbonyl (C=O) groups is 1. The molecule has 1 atom stereocenters. The van der Waals surface area contributed by atoms with Gasteiger partial charge in [-0.3, -0.25) is 4.79 Å². The molecule has 2 aliphatic heterocycles. The van der Waals surface area contributed by atoms with Crippen molar-refractivity contribution < 1.29 is 22.7 Å². The van der Waals surface area contributed by atoms with Gasteiger partial charge in [0.1, 0.15) is 12.4 Å². The van der Waals surface area contributed by atoms with Gasteiger partial charge in [0.25, 0.3) is 0 Å². The summed E-state index contributed by atoms with van der Waals surface area (Å²) in [5.41, 5.74) is 16.6. The van der Waals surface area contributed by atoms with E-state index in [4.69, 9.17) is 22.0 Å². The molecule has 3 heterocycles. The summed E-state index contributed by atoms with van der Waals surface area (Å²) in [7, 11) is 2.14. The van der Waals surface area contributed by atoms with Crippen LogP contribution in [0.5, 0.6) is 6.01 Å². The molecule has 9 nitrogen and oxygen atoms in total. The summed E-state index contributed by atoms with van der Waals surface area (Å²) in [4.78, 5) is 26.6. The van der Waals surface area contributed by atoms with Crippen molar-refractivity contribution in [3.8, 4) is 6.01 Å². The Morgan fingerprint density at radius 2 is 1.93 bits per heavy atom. The number of amides is 1. The zero-order valence-electron chi connectivity index (χ0n) is 26.2. The number of carbonyl (C=O) groups excluding carboxylic acids is 1. The number of hydrogen-bond acceptors (Lipinski definition) is 7. The van der Waals surface area contributed by atoms with E-state index in [1.807, 2.05) is 20.8 Å². The number of rotatable bonds is 6. The zero-order chi connectivity index (χ0) is 32.6. The highest BCUT2D eigenvalue weighted by atomic mass is 19.4. The number of likely N-dealkylation sites (tertiary alicyclic amines) is 1. The van der Waals surface area contributed by atoms with Crippen LogP contribution in [0.2, 0.25) is 0 Å². The molecule has 12 heteroatoms. The molecule has 1 saturated heterocycles. The van der Waals surface area contributed by atoms with Gasteiger partial charge in [-0.25, -0.2) is 6.57 Å². The number of nitrogen functional groups attached to an aromatic ring is 1. The van der Waals surface area contributed by atoms with Crippen molar-refractivity contribution in [2.45, 2.75) is 79.1 Å². The summed E-state index contributed by atoms with van der Waals surface area (Å²) in [6.45, 7) is 20.7. The van der Waals surface area contributed by atoms with Gasteiger partial charge in [0.05, 0.1) is 12.2 Å². The molecule has 1 amide bonds. The first-order valence-electron chi connectivity index (χ1n) is 14.5. The average Bonchev–Trinajstić information content (AvgIpc) is 3.38. The minimum absolute atomic E-state index is 0.213. The molecule has 43 heavy (non-hydrogen) atoms. The Morgan fingerprint density at radius 1 is 1.23 bits per heavy atom. The van der Waals surface area contributed by atoms with Crippen LogP contribution in [0.25, 0.3) is 4.85 Å². The summed E-state index contributed by atoms with van der Waals surface area (Å²) >= 11 is 0.